The number of carbonyl (C=O) groups is 2. The normalized spacial score (nSPS) is 16.1. The number of benzene rings is 2. The molecule has 3 amide bonds. The molecule has 7 heteroatoms. The second kappa shape index (κ2) is 10.4. The van der Waals surface area contributed by atoms with Gasteiger partial charge in [-0.25, -0.2) is 4.79 Å². The molecule has 2 aromatic rings. The number of piperidine rings is 1. The Labute approximate surface area is 180 Å². The summed E-state index contributed by atoms with van der Waals surface area (Å²) in [6.45, 7) is 3.91. The molecule has 6 nitrogen and oxygen atoms in total. The minimum atomic E-state index is -0.152. The Bertz CT molecular complexity index is 805. The van der Waals surface area contributed by atoms with Crippen molar-refractivity contribution >= 4 is 33.6 Å². The van der Waals surface area contributed by atoms with E-state index in [-0.39, 0.29) is 24.0 Å². The third kappa shape index (κ3) is 6.87. The Hall–Kier alpha value is -2.38. The highest BCUT2D eigenvalue weighted by molar-refractivity contribution is 9.10. The second-order valence-corrected chi connectivity index (χ2v) is 8.27. The number of halogens is 1. The molecule has 1 fully saturated rings. The average molecular weight is 459 g/mol. The van der Waals surface area contributed by atoms with E-state index in [9.17, 15) is 9.59 Å². The Kier molecular flexibility index (Phi) is 7.66. The maximum absolute atomic E-state index is 12.3. The number of hydrogen-bond acceptors (Lipinski definition) is 3. The average Bonchev–Trinajstić information content (AvgIpc) is 2.70. The summed E-state index contributed by atoms with van der Waals surface area (Å²) in [5, 5.41) is 8.96. The van der Waals surface area contributed by atoms with Gasteiger partial charge in [-0.1, -0.05) is 46.3 Å². The van der Waals surface area contributed by atoms with E-state index in [1.54, 1.807) is 0 Å². The number of likely N-dealkylation sites (tertiary alicyclic amines) is 1. The highest BCUT2D eigenvalue weighted by Crippen LogP contribution is 2.17. The summed E-state index contributed by atoms with van der Waals surface area (Å²) in [6.07, 6.45) is 1.66. The molecule has 1 atom stereocenters. The predicted octanol–water partition coefficient (Wildman–Crippen LogP) is 3.91. The molecular weight excluding hydrogens is 432 g/mol. The molecule has 1 saturated heterocycles. The Balaban J connectivity index is 1.37. The number of anilines is 1. The first-order valence-electron chi connectivity index (χ1n) is 9.89. The lowest BCUT2D eigenvalue weighted by atomic mass is 10.1. The second-order valence-electron chi connectivity index (χ2n) is 7.36. The first-order valence-corrected chi connectivity index (χ1v) is 10.7. The van der Waals surface area contributed by atoms with E-state index in [0.29, 0.717) is 6.54 Å². The number of carbonyl (C=O) groups excluding carboxylic acids is 2. The van der Waals surface area contributed by atoms with Crippen LogP contribution >= 0.6 is 15.9 Å². The zero-order chi connectivity index (χ0) is 20.6. The van der Waals surface area contributed by atoms with Crippen LogP contribution in [0.25, 0.3) is 0 Å². The van der Waals surface area contributed by atoms with Crippen molar-refractivity contribution in [3.8, 4) is 0 Å². The number of nitrogens with zero attached hydrogens (tertiary/aromatic N) is 1. The molecule has 1 unspecified atom stereocenters. The Morgan fingerprint density at radius 3 is 2.38 bits per heavy atom. The van der Waals surface area contributed by atoms with Crippen molar-refractivity contribution < 1.29 is 9.59 Å². The topological polar surface area (TPSA) is 73.5 Å². The summed E-state index contributed by atoms with van der Waals surface area (Å²) < 4.78 is 1.02. The number of rotatable bonds is 6. The van der Waals surface area contributed by atoms with Crippen LogP contribution in [-0.2, 0) is 4.79 Å². The number of nitrogens with one attached hydrogen (secondary N) is 3. The lowest BCUT2D eigenvalue weighted by Gasteiger charge is -2.32. The van der Waals surface area contributed by atoms with Gasteiger partial charge in [-0.05, 0) is 49.6 Å². The minimum absolute atomic E-state index is 0.0105. The zero-order valence-corrected chi connectivity index (χ0v) is 18.1. The largest absolute Gasteiger partial charge is 0.335 e. The van der Waals surface area contributed by atoms with Gasteiger partial charge in [-0.15, -0.1) is 0 Å². The maximum atomic E-state index is 12.3. The van der Waals surface area contributed by atoms with Crippen molar-refractivity contribution in [3.05, 3.63) is 64.6 Å². The van der Waals surface area contributed by atoms with Crippen LogP contribution in [0.15, 0.2) is 59.1 Å². The van der Waals surface area contributed by atoms with Crippen LogP contribution in [0.4, 0.5) is 10.5 Å². The molecule has 2 aromatic carbocycles. The fourth-order valence-corrected chi connectivity index (χ4v) is 3.68. The quantitative estimate of drug-likeness (QED) is 0.614. The highest BCUT2D eigenvalue weighted by atomic mass is 79.9. The fraction of sp³-hybridized carbons (Fsp3) is 0.364. The molecule has 0 aromatic heterocycles. The van der Waals surface area contributed by atoms with Crippen LogP contribution in [0.1, 0.15) is 31.4 Å². The lowest BCUT2D eigenvalue weighted by Crippen LogP contribution is -2.49. The lowest BCUT2D eigenvalue weighted by molar-refractivity contribution is -0.117. The van der Waals surface area contributed by atoms with Crippen molar-refractivity contribution in [2.24, 2.45) is 0 Å². The minimum Gasteiger partial charge on any atom is -0.335 e. The van der Waals surface area contributed by atoms with Crippen LogP contribution in [0, 0.1) is 0 Å². The van der Waals surface area contributed by atoms with Gasteiger partial charge < -0.3 is 16.0 Å². The van der Waals surface area contributed by atoms with Gasteiger partial charge in [0.25, 0.3) is 0 Å². The first kappa shape index (κ1) is 21.3. The number of para-hydroxylation sites is 1. The third-order valence-corrected chi connectivity index (χ3v) is 5.59. The Morgan fingerprint density at radius 1 is 1.07 bits per heavy atom. The number of amides is 3. The fourth-order valence-electron chi connectivity index (χ4n) is 3.42. The van der Waals surface area contributed by atoms with E-state index < -0.39 is 0 Å². The van der Waals surface area contributed by atoms with E-state index in [2.05, 4.69) is 36.8 Å². The van der Waals surface area contributed by atoms with Crippen LogP contribution in [0.3, 0.4) is 0 Å². The molecule has 154 valence electrons. The van der Waals surface area contributed by atoms with Crippen molar-refractivity contribution in [1.29, 1.82) is 0 Å². The molecular formula is C22H27BrN4O2. The summed E-state index contributed by atoms with van der Waals surface area (Å²) in [5.74, 6) is -0.0105. The molecule has 0 radical (unpaired) electrons. The standard InChI is InChI=1S/C22H27BrN4O2/c1-16(17-7-9-18(23)10-8-17)24-22(29)26-20-11-13-27(14-12-20)15-21(28)25-19-5-3-2-4-6-19/h2-10,16,20H,11-15H2,1H3,(H,25,28)(H2,24,26,29). The van der Waals surface area contributed by atoms with Gasteiger partial charge in [0.2, 0.25) is 5.91 Å². The molecule has 29 heavy (non-hydrogen) atoms. The van der Waals surface area contributed by atoms with Gasteiger partial charge in [-0.2, -0.15) is 0 Å². The molecule has 3 N–H and O–H groups in total. The molecule has 3 rings (SSSR count). The highest BCUT2D eigenvalue weighted by Gasteiger charge is 2.22. The van der Waals surface area contributed by atoms with Crippen LogP contribution < -0.4 is 16.0 Å². The zero-order valence-electron chi connectivity index (χ0n) is 16.5. The number of hydrogen-bond donors (Lipinski definition) is 3. The van der Waals surface area contributed by atoms with Gasteiger partial charge in [0.05, 0.1) is 12.6 Å². The van der Waals surface area contributed by atoms with Crippen molar-refractivity contribution in [1.82, 2.24) is 15.5 Å². The maximum Gasteiger partial charge on any atom is 0.315 e. The summed E-state index contributed by atoms with van der Waals surface area (Å²) in [5.41, 5.74) is 1.87. The van der Waals surface area contributed by atoms with E-state index in [4.69, 9.17) is 0 Å². The monoisotopic (exact) mass is 458 g/mol. The summed E-state index contributed by atoms with van der Waals surface area (Å²) in [7, 11) is 0. The molecule has 0 bridgehead atoms. The van der Waals surface area contributed by atoms with Gasteiger partial charge in [-0.3, -0.25) is 9.69 Å². The van der Waals surface area contributed by atoms with Gasteiger partial charge in [0.15, 0.2) is 0 Å². The Morgan fingerprint density at radius 2 is 1.72 bits per heavy atom. The van der Waals surface area contributed by atoms with Crippen molar-refractivity contribution in [2.45, 2.75) is 31.8 Å². The molecule has 0 spiro atoms. The molecule has 1 heterocycles. The van der Waals surface area contributed by atoms with Gasteiger partial charge in [0, 0.05) is 29.3 Å². The van der Waals surface area contributed by atoms with Crippen LogP contribution in [0.5, 0.6) is 0 Å². The van der Waals surface area contributed by atoms with E-state index >= 15 is 0 Å². The van der Waals surface area contributed by atoms with E-state index in [1.807, 2.05) is 61.5 Å². The van der Waals surface area contributed by atoms with Gasteiger partial charge in [0.1, 0.15) is 0 Å². The van der Waals surface area contributed by atoms with Crippen molar-refractivity contribution in [2.75, 3.05) is 25.0 Å². The third-order valence-electron chi connectivity index (χ3n) is 5.07. The first-order chi connectivity index (χ1) is 14.0. The van der Waals surface area contributed by atoms with Crippen molar-refractivity contribution in [3.63, 3.8) is 0 Å². The van der Waals surface area contributed by atoms with Crippen LogP contribution in [-0.4, -0.2) is 42.5 Å². The van der Waals surface area contributed by atoms with E-state index in [0.717, 1.165) is 41.7 Å². The molecule has 1 aliphatic rings. The molecule has 0 saturated carbocycles. The molecule has 1 aliphatic heterocycles. The van der Waals surface area contributed by atoms with Gasteiger partial charge >= 0.3 is 6.03 Å². The summed E-state index contributed by atoms with van der Waals surface area (Å²) in [4.78, 5) is 26.6. The summed E-state index contributed by atoms with van der Waals surface area (Å²) >= 11 is 3.42. The number of urea groups is 1. The smallest absolute Gasteiger partial charge is 0.315 e. The van der Waals surface area contributed by atoms with E-state index in [1.165, 1.54) is 0 Å². The SMILES string of the molecule is CC(NC(=O)NC1CCN(CC(=O)Nc2ccccc2)CC1)c1ccc(Br)cc1. The molecule has 0 aliphatic carbocycles. The predicted molar refractivity (Wildman–Crippen MR) is 119 cm³/mol. The summed E-state index contributed by atoms with van der Waals surface area (Å²) in [6, 6.07) is 17.3. The van der Waals surface area contributed by atoms with Crippen LogP contribution in [0.2, 0.25) is 0 Å².